The molecular weight excluding hydrogens is 449 g/mol. The standard InChI is InChI=1S/C22H10F5N3O3/c23-16-12(17(24)19(26)20(27)18(16)25)9-13(22-28-14-6-1-2-7-15(14)29-22)21(31)10-4-3-5-11(8-10)30(32)33/h1-9H,(H,28,29)/b13-9+. The lowest BCUT2D eigenvalue weighted by Gasteiger charge is -2.08. The molecule has 166 valence electrons. The number of non-ortho nitro benzene ring substituents is 1. The zero-order chi connectivity index (χ0) is 23.9. The fraction of sp³-hybridized carbons (Fsp3) is 0. The minimum atomic E-state index is -2.35. The van der Waals surface area contributed by atoms with E-state index in [4.69, 9.17) is 0 Å². The molecule has 4 rings (SSSR count). The normalized spacial score (nSPS) is 11.7. The number of nitro benzene ring substituents is 1. The van der Waals surface area contributed by atoms with Gasteiger partial charge in [0.2, 0.25) is 5.82 Å². The highest BCUT2D eigenvalue weighted by molar-refractivity contribution is 6.32. The summed E-state index contributed by atoms with van der Waals surface area (Å²) in [5, 5.41) is 11.1. The second-order valence-corrected chi connectivity index (χ2v) is 6.78. The van der Waals surface area contributed by atoms with Crippen molar-refractivity contribution in [3.63, 3.8) is 0 Å². The molecule has 4 aromatic rings. The lowest BCUT2D eigenvalue weighted by molar-refractivity contribution is -0.384. The Kier molecular flexibility index (Phi) is 5.46. The number of nitrogens with zero attached hydrogens (tertiary/aromatic N) is 2. The van der Waals surface area contributed by atoms with Crippen molar-refractivity contribution in [3.8, 4) is 0 Å². The third-order valence-corrected chi connectivity index (χ3v) is 4.74. The molecule has 0 amide bonds. The molecule has 3 aromatic carbocycles. The topological polar surface area (TPSA) is 88.9 Å². The van der Waals surface area contributed by atoms with Crippen LogP contribution in [0.3, 0.4) is 0 Å². The fourth-order valence-electron chi connectivity index (χ4n) is 3.13. The molecular formula is C22H10F5N3O3. The lowest BCUT2D eigenvalue weighted by atomic mass is 9.99. The summed E-state index contributed by atoms with van der Waals surface area (Å²) in [5.41, 5.74) is -1.87. The summed E-state index contributed by atoms with van der Waals surface area (Å²) in [6, 6.07) is 10.8. The van der Waals surface area contributed by atoms with Gasteiger partial charge in [-0.3, -0.25) is 14.9 Å². The third-order valence-electron chi connectivity index (χ3n) is 4.74. The molecule has 1 aromatic heterocycles. The van der Waals surface area contributed by atoms with Crippen LogP contribution in [0.15, 0.2) is 48.5 Å². The number of nitrogens with one attached hydrogen (secondary N) is 1. The number of imidazole rings is 1. The summed E-state index contributed by atoms with van der Waals surface area (Å²) in [6.45, 7) is 0. The number of ketones is 1. The molecule has 1 N–H and O–H groups in total. The number of rotatable bonds is 5. The average molecular weight is 459 g/mol. The number of halogens is 5. The van der Waals surface area contributed by atoms with Crippen LogP contribution in [0.25, 0.3) is 22.7 Å². The van der Waals surface area contributed by atoms with E-state index in [1.165, 1.54) is 12.1 Å². The van der Waals surface area contributed by atoms with Crippen molar-refractivity contribution in [2.75, 3.05) is 0 Å². The first-order valence-corrected chi connectivity index (χ1v) is 9.16. The van der Waals surface area contributed by atoms with Crippen molar-refractivity contribution in [1.82, 2.24) is 9.97 Å². The number of aromatic amines is 1. The van der Waals surface area contributed by atoms with Gasteiger partial charge in [0.1, 0.15) is 5.82 Å². The summed E-state index contributed by atoms with van der Waals surface area (Å²) < 4.78 is 69.5. The number of hydrogen-bond acceptors (Lipinski definition) is 4. The number of Topliss-reactive ketones (excluding diaryl/α,β-unsaturated/α-hetero) is 1. The largest absolute Gasteiger partial charge is 0.338 e. The number of hydrogen-bond donors (Lipinski definition) is 1. The number of allylic oxidation sites excluding steroid dienone is 1. The van der Waals surface area contributed by atoms with Crippen molar-refractivity contribution in [2.24, 2.45) is 0 Å². The molecule has 0 saturated heterocycles. The maximum atomic E-state index is 14.3. The Morgan fingerprint density at radius 3 is 2.18 bits per heavy atom. The van der Waals surface area contributed by atoms with Crippen LogP contribution in [0.1, 0.15) is 21.7 Å². The van der Waals surface area contributed by atoms with Crippen LogP contribution >= 0.6 is 0 Å². The summed E-state index contributed by atoms with van der Waals surface area (Å²) in [4.78, 5) is 30.4. The van der Waals surface area contributed by atoms with E-state index in [-0.39, 0.29) is 11.4 Å². The van der Waals surface area contributed by atoms with E-state index < -0.39 is 56.6 Å². The molecule has 0 spiro atoms. The van der Waals surface area contributed by atoms with Crippen molar-refractivity contribution in [1.29, 1.82) is 0 Å². The van der Waals surface area contributed by atoms with Gasteiger partial charge in [0.05, 0.1) is 27.1 Å². The van der Waals surface area contributed by atoms with Crippen LogP contribution in [0.5, 0.6) is 0 Å². The number of fused-ring (bicyclic) bond motifs is 1. The number of para-hydroxylation sites is 2. The van der Waals surface area contributed by atoms with Crippen LogP contribution in [-0.4, -0.2) is 20.7 Å². The van der Waals surface area contributed by atoms with Gasteiger partial charge in [-0.25, -0.2) is 26.9 Å². The van der Waals surface area contributed by atoms with Crippen molar-refractivity contribution in [2.45, 2.75) is 0 Å². The molecule has 6 nitrogen and oxygen atoms in total. The first-order valence-electron chi connectivity index (χ1n) is 9.16. The number of nitro groups is 1. The highest BCUT2D eigenvalue weighted by atomic mass is 19.2. The summed E-state index contributed by atoms with van der Waals surface area (Å²) >= 11 is 0. The molecule has 0 aliphatic rings. The van der Waals surface area contributed by atoms with Crippen LogP contribution in [-0.2, 0) is 0 Å². The third kappa shape index (κ3) is 3.84. The first-order chi connectivity index (χ1) is 15.7. The number of aromatic nitrogens is 2. The number of benzene rings is 3. The van der Waals surface area contributed by atoms with Crippen LogP contribution in [0.2, 0.25) is 0 Å². The first kappa shape index (κ1) is 21.8. The lowest BCUT2D eigenvalue weighted by Crippen LogP contribution is -2.08. The number of carbonyl (C=O) groups excluding carboxylic acids is 1. The van der Waals surface area contributed by atoms with Crippen molar-refractivity contribution >= 4 is 34.2 Å². The Morgan fingerprint density at radius 1 is 0.909 bits per heavy atom. The minimum Gasteiger partial charge on any atom is -0.338 e. The van der Waals surface area contributed by atoms with E-state index in [1.54, 1.807) is 24.3 Å². The smallest absolute Gasteiger partial charge is 0.270 e. The van der Waals surface area contributed by atoms with E-state index in [1.807, 2.05) is 0 Å². The Hall–Kier alpha value is -4.41. The molecule has 0 radical (unpaired) electrons. The van der Waals surface area contributed by atoms with E-state index in [2.05, 4.69) is 9.97 Å². The zero-order valence-electron chi connectivity index (χ0n) is 16.2. The second-order valence-electron chi connectivity index (χ2n) is 6.78. The van der Waals surface area contributed by atoms with Gasteiger partial charge in [-0.1, -0.05) is 24.3 Å². The van der Waals surface area contributed by atoms with Crippen molar-refractivity contribution < 1.29 is 31.7 Å². The van der Waals surface area contributed by atoms with Gasteiger partial charge in [0.25, 0.3) is 5.69 Å². The van der Waals surface area contributed by atoms with Gasteiger partial charge in [-0.15, -0.1) is 0 Å². The highest BCUT2D eigenvalue weighted by Crippen LogP contribution is 2.29. The summed E-state index contributed by atoms with van der Waals surface area (Å²) in [6.07, 6.45) is 0.467. The quantitative estimate of drug-likeness (QED) is 0.0802. The number of carbonyl (C=O) groups is 1. The molecule has 0 aliphatic carbocycles. The molecule has 33 heavy (non-hydrogen) atoms. The Morgan fingerprint density at radius 2 is 1.55 bits per heavy atom. The average Bonchev–Trinajstić information content (AvgIpc) is 3.25. The fourth-order valence-corrected chi connectivity index (χ4v) is 3.13. The molecule has 1 heterocycles. The van der Waals surface area contributed by atoms with Gasteiger partial charge in [-0.2, -0.15) is 0 Å². The molecule has 0 atom stereocenters. The minimum absolute atomic E-state index is 0.239. The van der Waals surface area contributed by atoms with Gasteiger partial charge in [0, 0.05) is 17.7 Å². The van der Waals surface area contributed by atoms with E-state index in [0.717, 1.165) is 12.1 Å². The van der Waals surface area contributed by atoms with Gasteiger partial charge in [0.15, 0.2) is 29.1 Å². The SMILES string of the molecule is O=C(/C(=C\c1c(F)c(F)c(F)c(F)c1F)c1nc2ccccc2[nH]1)c1cccc([N+](=O)[O-])c1. The molecule has 0 saturated carbocycles. The van der Waals surface area contributed by atoms with Crippen LogP contribution in [0, 0.1) is 39.2 Å². The molecule has 11 heteroatoms. The number of H-pyrrole nitrogens is 1. The second kappa shape index (κ2) is 8.26. The molecule has 0 fully saturated rings. The van der Waals surface area contributed by atoms with E-state index >= 15 is 0 Å². The Balaban J connectivity index is 1.98. The van der Waals surface area contributed by atoms with Crippen molar-refractivity contribution in [3.05, 3.63) is 105 Å². The van der Waals surface area contributed by atoms with Gasteiger partial charge >= 0.3 is 0 Å². The van der Waals surface area contributed by atoms with Gasteiger partial charge < -0.3 is 4.98 Å². The van der Waals surface area contributed by atoms with Gasteiger partial charge in [-0.05, 0) is 18.2 Å². The molecule has 0 unspecified atom stereocenters. The Labute approximate surface area is 181 Å². The monoisotopic (exact) mass is 459 g/mol. The molecule has 0 bridgehead atoms. The highest BCUT2D eigenvalue weighted by Gasteiger charge is 2.27. The predicted octanol–water partition coefficient (Wildman–Crippen LogP) is 5.59. The molecule has 0 aliphatic heterocycles. The van der Waals surface area contributed by atoms with E-state index in [0.29, 0.717) is 17.1 Å². The Bertz CT molecular complexity index is 1420. The maximum absolute atomic E-state index is 14.3. The predicted molar refractivity (Wildman–Crippen MR) is 108 cm³/mol. The summed E-state index contributed by atoms with van der Waals surface area (Å²) in [5.74, 6) is -12.3. The van der Waals surface area contributed by atoms with E-state index in [9.17, 15) is 36.9 Å². The summed E-state index contributed by atoms with van der Waals surface area (Å²) in [7, 11) is 0. The zero-order valence-corrected chi connectivity index (χ0v) is 16.2. The van der Waals surface area contributed by atoms with Crippen LogP contribution in [0.4, 0.5) is 27.6 Å². The van der Waals surface area contributed by atoms with Crippen LogP contribution < -0.4 is 0 Å². The maximum Gasteiger partial charge on any atom is 0.270 e.